The largest absolute Gasteiger partial charge is 0.472 e. The van der Waals surface area contributed by atoms with E-state index in [-0.39, 0.29) is 25.7 Å². The molecule has 3 N–H and O–H groups in total. The molecule has 0 radical (unpaired) electrons. The van der Waals surface area contributed by atoms with Crippen LogP contribution in [0, 0.1) is 11.8 Å². The first-order valence-electron chi connectivity index (χ1n) is 49.5. The molecule has 6 atom stereocenters. The van der Waals surface area contributed by atoms with Crippen LogP contribution in [0.25, 0.3) is 0 Å². The van der Waals surface area contributed by atoms with Crippen molar-refractivity contribution in [3.63, 3.8) is 0 Å². The number of hydrogen-bond donors (Lipinski definition) is 3. The Kier molecular flexibility index (Phi) is 85.5. The number of ether oxygens (including phenoxy) is 4. The van der Waals surface area contributed by atoms with Crippen molar-refractivity contribution in [3.05, 3.63) is 0 Å². The predicted molar refractivity (Wildman–Crippen MR) is 478 cm³/mol. The Balaban J connectivity index is 5.24. The molecule has 0 aromatic rings. The van der Waals surface area contributed by atoms with Gasteiger partial charge >= 0.3 is 39.5 Å². The third-order valence-corrected chi connectivity index (χ3v) is 25.0. The van der Waals surface area contributed by atoms with E-state index in [9.17, 15) is 43.2 Å². The van der Waals surface area contributed by atoms with Crippen LogP contribution in [0.5, 0.6) is 0 Å². The Morgan fingerprint density at radius 2 is 0.443 bits per heavy atom. The summed E-state index contributed by atoms with van der Waals surface area (Å²) in [6, 6.07) is 0. The van der Waals surface area contributed by atoms with Crippen molar-refractivity contribution in [1.29, 1.82) is 0 Å². The van der Waals surface area contributed by atoms with E-state index in [1.165, 1.54) is 340 Å². The molecule has 684 valence electrons. The van der Waals surface area contributed by atoms with E-state index in [2.05, 4.69) is 41.5 Å². The van der Waals surface area contributed by atoms with Gasteiger partial charge in [-0.3, -0.25) is 37.3 Å². The van der Waals surface area contributed by atoms with Gasteiger partial charge in [0.25, 0.3) is 0 Å². The van der Waals surface area contributed by atoms with Gasteiger partial charge in [0.05, 0.1) is 26.4 Å². The molecule has 0 heterocycles. The summed E-state index contributed by atoms with van der Waals surface area (Å²) in [6.07, 6.45) is 83.6. The summed E-state index contributed by atoms with van der Waals surface area (Å²) < 4.78 is 69.2. The van der Waals surface area contributed by atoms with Crippen LogP contribution < -0.4 is 0 Å². The molecule has 0 fully saturated rings. The highest BCUT2D eigenvalue weighted by molar-refractivity contribution is 7.47. The number of carbonyl (C=O) groups is 4. The lowest BCUT2D eigenvalue weighted by molar-refractivity contribution is -0.161. The summed E-state index contributed by atoms with van der Waals surface area (Å²) in [5, 5.41) is 10.7. The lowest BCUT2D eigenvalue weighted by Gasteiger charge is -2.21. The summed E-state index contributed by atoms with van der Waals surface area (Å²) in [5.74, 6) is -0.491. The molecule has 0 amide bonds. The van der Waals surface area contributed by atoms with Gasteiger partial charge in [0.1, 0.15) is 19.3 Å². The van der Waals surface area contributed by atoms with Crippen molar-refractivity contribution in [2.45, 2.75) is 541 Å². The number of phosphoric acid groups is 2. The van der Waals surface area contributed by atoms with Gasteiger partial charge in [0.2, 0.25) is 0 Å². The van der Waals surface area contributed by atoms with Crippen molar-refractivity contribution in [2.24, 2.45) is 11.8 Å². The zero-order valence-electron chi connectivity index (χ0n) is 76.1. The molecule has 0 bridgehead atoms. The first-order chi connectivity index (χ1) is 55.9. The highest BCUT2D eigenvalue weighted by Crippen LogP contribution is 2.45. The molecule has 115 heavy (non-hydrogen) atoms. The molecule has 19 heteroatoms. The predicted octanol–water partition coefficient (Wildman–Crippen LogP) is 30.1. The molecule has 0 aromatic carbocycles. The maximum absolute atomic E-state index is 13.2. The quantitative estimate of drug-likeness (QED) is 0.0222. The Morgan fingerprint density at radius 3 is 0.661 bits per heavy atom. The standard InChI is InChI=1S/C96H188O17P2/c1-7-10-12-14-16-18-20-22-24-26-28-30-31-33-39-43-47-51-55-63-69-74-80-95(100)112-91(84-106-93(98)78-72-66-60-53-49-45-41-37-35-34-36-40-44-48-52-58-64-70-76-88(4)5)86-110-114(102,103)108-82-90(97)83-109-115(104,105)111-87-92(85-107-94(99)79-73-67-61-57-56-59-65-71-77-89(6)9-3)113-96(101)81-75-68-62-54-50-46-42-38-32-29-27-25-23-21-19-17-15-13-11-8-2/h88-92,97H,7-87H2,1-6H3,(H,102,103)(H,104,105)/t89?,90-,91-,92-/m1/s1. The fourth-order valence-corrected chi connectivity index (χ4v) is 16.7. The van der Waals surface area contributed by atoms with Crippen molar-refractivity contribution in [2.75, 3.05) is 39.6 Å². The normalized spacial score (nSPS) is 13.9. The monoisotopic (exact) mass is 1680 g/mol. The molecule has 0 saturated carbocycles. The van der Waals surface area contributed by atoms with Crippen LogP contribution in [0.15, 0.2) is 0 Å². The maximum atomic E-state index is 13.2. The Labute approximate surface area is 708 Å². The average Bonchev–Trinajstić information content (AvgIpc) is 0.900. The Morgan fingerprint density at radius 1 is 0.252 bits per heavy atom. The zero-order valence-corrected chi connectivity index (χ0v) is 77.9. The van der Waals surface area contributed by atoms with E-state index in [4.69, 9.17) is 37.0 Å². The number of rotatable bonds is 95. The van der Waals surface area contributed by atoms with Crippen LogP contribution in [0.3, 0.4) is 0 Å². The molecule has 0 aliphatic carbocycles. The Hall–Kier alpha value is -1.94. The molecular weight excluding hydrogens is 1490 g/mol. The zero-order chi connectivity index (χ0) is 84.1. The van der Waals surface area contributed by atoms with Crippen molar-refractivity contribution in [3.8, 4) is 0 Å². The second kappa shape index (κ2) is 87.0. The van der Waals surface area contributed by atoms with Crippen LogP contribution >= 0.6 is 15.6 Å². The molecule has 0 aliphatic rings. The fraction of sp³-hybridized carbons (Fsp3) is 0.958. The molecule has 0 saturated heterocycles. The second-order valence-corrected chi connectivity index (χ2v) is 38.1. The van der Waals surface area contributed by atoms with Crippen molar-refractivity contribution in [1.82, 2.24) is 0 Å². The lowest BCUT2D eigenvalue weighted by Crippen LogP contribution is -2.30. The van der Waals surface area contributed by atoms with Crippen LogP contribution in [-0.2, 0) is 65.4 Å². The number of esters is 4. The molecule has 3 unspecified atom stereocenters. The van der Waals surface area contributed by atoms with Gasteiger partial charge in [-0.05, 0) is 37.5 Å². The summed E-state index contributed by atoms with van der Waals surface area (Å²) in [7, 11) is -9.94. The van der Waals surface area contributed by atoms with Crippen LogP contribution in [-0.4, -0.2) is 96.7 Å². The molecule has 0 aromatic heterocycles. The topological polar surface area (TPSA) is 237 Å². The number of phosphoric ester groups is 2. The smallest absolute Gasteiger partial charge is 0.462 e. The number of aliphatic hydroxyl groups excluding tert-OH is 1. The van der Waals surface area contributed by atoms with Crippen molar-refractivity contribution >= 4 is 39.5 Å². The van der Waals surface area contributed by atoms with E-state index < -0.39 is 97.5 Å². The third kappa shape index (κ3) is 88.2. The highest BCUT2D eigenvalue weighted by atomic mass is 31.2. The van der Waals surface area contributed by atoms with E-state index >= 15 is 0 Å². The van der Waals surface area contributed by atoms with E-state index in [0.29, 0.717) is 25.7 Å². The summed E-state index contributed by atoms with van der Waals surface area (Å²) in [5.41, 5.74) is 0. The number of aliphatic hydroxyl groups is 1. The average molecular weight is 1680 g/mol. The van der Waals surface area contributed by atoms with E-state index in [0.717, 1.165) is 102 Å². The summed E-state index contributed by atoms with van der Waals surface area (Å²) in [4.78, 5) is 73.6. The molecular formula is C96H188O17P2. The van der Waals surface area contributed by atoms with E-state index in [1.807, 2.05) is 0 Å². The van der Waals surface area contributed by atoms with Crippen LogP contribution in [0.2, 0.25) is 0 Å². The molecule has 0 aliphatic heterocycles. The maximum Gasteiger partial charge on any atom is 0.472 e. The molecule has 17 nitrogen and oxygen atoms in total. The summed E-state index contributed by atoms with van der Waals surface area (Å²) >= 11 is 0. The van der Waals surface area contributed by atoms with Gasteiger partial charge in [-0.2, -0.15) is 0 Å². The minimum atomic E-state index is -4.97. The minimum Gasteiger partial charge on any atom is -0.462 e. The van der Waals surface area contributed by atoms with Gasteiger partial charge in [-0.15, -0.1) is 0 Å². The summed E-state index contributed by atoms with van der Waals surface area (Å²) in [6.45, 7) is 9.77. The molecule has 0 spiro atoms. The van der Waals surface area contributed by atoms with Crippen LogP contribution in [0.1, 0.15) is 523 Å². The highest BCUT2D eigenvalue weighted by Gasteiger charge is 2.31. The number of unbranched alkanes of at least 4 members (excludes halogenated alkanes) is 64. The van der Waals surface area contributed by atoms with Gasteiger partial charge in [0.15, 0.2) is 12.2 Å². The number of hydrogen-bond acceptors (Lipinski definition) is 15. The molecule has 0 rings (SSSR count). The first kappa shape index (κ1) is 113. The third-order valence-electron chi connectivity index (χ3n) is 23.1. The second-order valence-electron chi connectivity index (χ2n) is 35.2. The SMILES string of the molecule is CCCCCCCCCCCCCCCCCCCCCCCCC(=O)O[C@H](COC(=O)CCCCCCCCCCCCCCCCCCCCC(C)C)COP(=O)(O)OC[C@@H](O)COP(=O)(O)OC[C@@H](COC(=O)CCCCCCCCCCC(C)CC)OC(=O)CCCCCCCCCCCCCCCCCCCCCC. The Bertz CT molecular complexity index is 2190. The first-order valence-corrected chi connectivity index (χ1v) is 52.5. The van der Waals surface area contributed by atoms with Crippen molar-refractivity contribution < 1.29 is 80.2 Å². The lowest BCUT2D eigenvalue weighted by atomic mass is 9.99. The van der Waals surface area contributed by atoms with Gasteiger partial charge < -0.3 is 33.8 Å². The van der Waals surface area contributed by atoms with Crippen LogP contribution in [0.4, 0.5) is 0 Å². The van der Waals surface area contributed by atoms with Gasteiger partial charge in [-0.25, -0.2) is 9.13 Å². The van der Waals surface area contributed by atoms with E-state index in [1.54, 1.807) is 0 Å². The fourth-order valence-electron chi connectivity index (χ4n) is 15.2. The van der Waals surface area contributed by atoms with Gasteiger partial charge in [0, 0.05) is 25.7 Å². The number of carbonyl (C=O) groups excluding carboxylic acids is 4. The minimum absolute atomic E-state index is 0.109. The van der Waals surface area contributed by atoms with Gasteiger partial charge in [-0.1, -0.05) is 472 Å².